The van der Waals surface area contributed by atoms with Crippen LogP contribution in [0, 0.1) is 0 Å². The molecule has 0 N–H and O–H groups in total. The number of hydrogen-bond donors (Lipinski definition) is 0. The van der Waals surface area contributed by atoms with E-state index in [2.05, 4.69) is 217 Å². The second-order valence-corrected chi connectivity index (χ2v) is 13.7. The molecule has 0 saturated heterocycles. The fourth-order valence-corrected chi connectivity index (χ4v) is 7.82. The van der Waals surface area contributed by atoms with Gasteiger partial charge in [0.15, 0.2) is 0 Å². The third kappa shape index (κ3) is 5.71. The van der Waals surface area contributed by atoms with Crippen LogP contribution in [0.1, 0.15) is 0 Å². The Balaban J connectivity index is 1.08. The Kier molecular flexibility index (Phi) is 7.85. The van der Waals surface area contributed by atoms with Gasteiger partial charge in [0.25, 0.3) is 0 Å². The highest BCUT2D eigenvalue weighted by atomic mass is 16.5. The predicted molar refractivity (Wildman–Crippen MR) is 226 cm³/mol. The minimum Gasteiger partial charge on any atom is -0.456 e. The van der Waals surface area contributed by atoms with Crippen LogP contribution in [0.2, 0.25) is 0 Å². The van der Waals surface area contributed by atoms with E-state index in [1.165, 1.54) is 38.9 Å². The smallest absolute Gasteiger partial charge is 0.136 e. The number of anilines is 3. The third-order valence-corrected chi connectivity index (χ3v) is 10.4. The van der Waals surface area contributed by atoms with Crippen molar-refractivity contribution < 1.29 is 4.74 Å². The second-order valence-electron chi connectivity index (χ2n) is 13.7. The average Bonchev–Trinajstić information content (AvgIpc) is 3.26. The van der Waals surface area contributed by atoms with Crippen LogP contribution in [-0.2, 0) is 0 Å². The predicted octanol–water partition coefficient (Wildman–Crippen LogP) is 14.8. The molecule has 2 heteroatoms. The third-order valence-electron chi connectivity index (χ3n) is 10.4. The zero-order valence-electron chi connectivity index (χ0n) is 29.6. The molecule has 0 unspecified atom stereocenters. The molecule has 0 aromatic heterocycles. The van der Waals surface area contributed by atoms with E-state index in [0.717, 1.165) is 56.0 Å². The van der Waals surface area contributed by atoms with Gasteiger partial charge in [0.2, 0.25) is 0 Å². The molecular weight excluding hydrogens is 655 g/mol. The van der Waals surface area contributed by atoms with Crippen LogP contribution in [0.5, 0.6) is 11.5 Å². The maximum Gasteiger partial charge on any atom is 0.136 e. The molecule has 1 heterocycles. The molecule has 9 aromatic rings. The van der Waals surface area contributed by atoms with E-state index in [4.69, 9.17) is 4.74 Å². The summed E-state index contributed by atoms with van der Waals surface area (Å²) in [7, 11) is 0. The molecule has 0 atom stereocenters. The topological polar surface area (TPSA) is 12.5 Å². The van der Waals surface area contributed by atoms with Crippen molar-refractivity contribution in [3.05, 3.63) is 212 Å². The van der Waals surface area contributed by atoms with Crippen LogP contribution in [0.3, 0.4) is 0 Å². The highest BCUT2D eigenvalue weighted by Gasteiger charge is 2.24. The zero-order chi connectivity index (χ0) is 35.8. The zero-order valence-corrected chi connectivity index (χ0v) is 29.6. The van der Waals surface area contributed by atoms with Crippen LogP contribution in [0.15, 0.2) is 212 Å². The first kappa shape index (κ1) is 31.6. The lowest BCUT2D eigenvalue weighted by atomic mass is 9.90. The van der Waals surface area contributed by atoms with Gasteiger partial charge < -0.3 is 9.64 Å². The van der Waals surface area contributed by atoms with Crippen molar-refractivity contribution in [3.63, 3.8) is 0 Å². The summed E-state index contributed by atoms with van der Waals surface area (Å²) >= 11 is 0. The Labute approximate surface area is 315 Å². The molecule has 0 amide bonds. The molecule has 9 aromatic carbocycles. The van der Waals surface area contributed by atoms with Crippen LogP contribution >= 0.6 is 0 Å². The number of para-hydroxylation sites is 1. The van der Waals surface area contributed by atoms with Gasteiger partial charge in [-0.2, -0.15) is 0 Å². The first-order valence-corrected chi connectivity index (χ1v) is 18.4. The quantitative estimate of drug-likeness (QED) is 0.165. The Morgan fingerprint density at radius 3 is 1.41 bits per heavy atom. The van der Waals surface area contributed by atoms with E-state index < -0.39 is 0 Å². The molecule has 1 aliphatic heterocycles. The van der Waals surface area contributed by atoms with E-state index in [0.29, 0.717) is 0 Å². The summed E-state index contributed by atoms with van der Waals surface area (Å²) in [5.74, 6) is 1.73. The van der Waals surface area contributed by atoms with Gasteiger partial charge in [-0.15, -0.1) is 0 Å². The van der Waals surface area contributed by atoms with Crippen molar-refractivity contribution in [2.75, 3.05) is 4.90 Å². The molecule has 0 spiro atoms. The number of fused-ring (bicyclic) bond motifs is 2. The number of nitrogens with zero attached hydrogens (tertiary/aromatic N) is 1. The number of hydrogen-bond acceptors (Lipinski definition) is 2. The summed E-state index contributed by atoms with van der Waals surface area (Å²) in [5.41, 5.74) is 15.0. The lowest BCUT2D eigenvalue weighted by molar-refractivity contribution is 0.487. The van der Waals surface area contributed by atoms with Gasteiger partial charge in [-0.25, -0.2) is 0 Å². The van der Waals surface area contributed by atoms with Crippen LogP contribution < -0.4 is 9.64 Å². The van der Waals surface area contributed by atoms with Crippen molar-refractivity contribution in [1.29, 1.82) is 0 Å². The SMILES string of the molecule is c1ccc(-c2ccc(N(c3ccccc3)c3ccc4c5c(cccc35)-c3ccc(-c5cc(-c6ccccc6)cc(-c6ccccc6)c5)cc3O4)cc2)cc1. The molecule has 1 aliphatic rings. The molecule has 254 valence electrons. The molecule has 0 radical (unpaired) electrons. The van der Waals surface area contributed by atoms with Gasteiger partial charge in [-0.1, -0.05) is 146 Å². The minimum absolute atomic E-state index is 0.864. The van der Waals surface area contributed by atoms with E-state index >= 15 is 0 Å². The number of ether oxygens (including phenoxy) is 1. The lowest BCUT2D eigenvalue weighted by Gasteiger charge is -2.29. The minimum atomic E-state index is 0.864. The monoisotopic (exact) mass is 689 g/mol. The van der Waals surface area contributed by atoms with Crippen molar-refractivity contribution in [2.45, 2.75) is 0 Å². The van der Waals surface area contributed by atoms with Crippen LogP contribution in [0.4, 0.5) is 17.1 Å². The van der Waals surface area contributed by atoms with Crippen molar-refractivity contribution in [3.8, 4) is 67.1 Å². The molecule has 10 rings (SSSR count). The molecule has 0 fully saturated rings. The maximum absolute atomic E-state index is 6.83. The van der Waals surface area contributed by atoms with Crippen molar-refractivity contribution >= 4 is 27.8 Å². The van der Waals surface area contributed by atoms with Gasteiger partial charge in [-0.05, 0) is 117 Å². The highest BCUT2D eigenvalue weighted by molar-refractivity contribution is 6.11. The summed E-state index contributed by atoms with van der Waals surface area (Å²) in [6.07, 6.45) is 0. The number of rotatable bonds is 7. The summed E-state index contributed by atoms with van der Waals surface area (Å²) in [4.78, 5) is 2.35. The molecular formula is C52H35NO. The fourth-order valence-electron chi connectivity index (χ4n) is 7.82. The molecule has 0 bridgehead atoms. The van der Waals surface area contributed by atoms with Gasteiger partial charge in [0.1, 0.15) is 11.5 Å². The summed E-state index contributed by atoms with van der Waals surface area (Å²) in [6, 6.07) is 75.7. The Morgan fingerprint density at radius 2 is 0.796 bits per heavy atom. The van der Waals surface area contributed by atoms with E-state index in [1.54, 1.807) is 0 Å². The van der Waals surface area contributed by atoms with Gasteiger partial charge >= 0.3 is 0 Å². The normalized spacial score (nSPS) is 11.5. The summed E-state index contributed by atoms with van der Waals surface area (Å²) in [5, 5.41) is 2.26. The number of benzene rings is 9. The summed E-state index contributed by atoms with van der Waals surface area (Å²) in [6.45, 7) is 0. The Morgan fingerprint density at radius 1 is 0.296 bits per heavy atom. The summed E-state index contributed by atoms with van der Waals surface area (Å²) < 4.78 is 6.83. The van der Waals surface area contributed by atoms with Crippen molar-refractivity contribution in [1.82, 2.24) is 0 Å². The van der Waals surface area contributed by atoms with Gasteiger partial charge in [0.05, 0.1) is 5.69 Å². The molecule has 0 aliphatic carbocycles. The standard InChI is InChI=1S/C52H35NO/c1-5-14-36(15-6-1)39-24-27-45(28-25-39)53(44-20-11-4-12-21-44)49-30-31-50-52-47(22-13-23-48(49)52)46-29-26-40(35-51(46)54-50)43-33-41(37-16-7-2-8-17-37)32-42(34-43)38-18-9-3-10-19-38/h1-35H. The Hall–Kier alpha value is -7.16. The first-order valence-electron chi connectivity index (χ1n) is 18.4. The van der Waals surface area contributed by atoms with E-state index in [1.807, 2.05) is 0 Å². The van der Waals surface area contributed by atoms with Gasteiger partial charge in [-0.3, -0.25) is 0 Å². The van der Waals surface area contributed by atoms with Gasteiger partial charge in [0, 0.05) is 27.7 Å². The fraction of sp³-hybridized carbons (Fsp3) is 0. The van der Waals surface area contributed by atoms with Crippen LogP contribution in [0.25, 0.3) is 66.4 Å². The molecule has 2 nitrogen and oxygen atoms in total. The molecule has 0 saturated carbocycles. The van der Waals surface area contributed by atoms with E-state index in [-0.39, 0.29) is 0 Å². The lowest BCUT2D eigenvalue weighted by Crippen LogP contribution is -2.11. The Bertz CT molecular complexity index is 2700. The maximum atomic E-state index is 6.83. The van der Waals surface area contributed by atoms with Crippen LogP contribution in [-0.4, -0.2) is 0 Å². The van der Waals surface area contributed by atoms with Crippen molar-refractivity contribution in [2.24, 2.45) is 0 Å². The largest absolute Gasteiger partial charge is 0.456 e. The highest BCUT2D eigenvalue weighted by Crippen LogP contribution is 2.51. The van der Waals surface area contributed by atoms with E-state index in [9.17, 15) is 0 Å². The molecule has 54 heavy (non-hydrogen) atoms. The average molecular weight is 690 g/mol. The second kappa shape index (κ2) is 13.4. The first-order chi connectivity index (χ1) is 26.8.